The summed E-state index contributed by atoms with van der Waals surface area (Å²) < 4.78 is 0. The van der Waals surface area contributed by atoms with Crippen molar-refractivity contribution in [3.63, 3.8) is 0 Å². The number of hydrogen-bond donors (Lipinski definition) is 1. The Kier molecular flexibility index (Phi) is 3.93. The van der Waals surface area contributed by atoms with Crippen LogP contribution in [0.2, 0.25) is 0 Å². The van der Waals surface area contributed by atoms with Crippen molar-refractivity contribution in [1.82, 2.24) is 15.1 Å². The fourth-order valence-corrected chi connectivity index (χ4v) is 3.60. The number of rotatable bonds is 3. The van der Waals surface area contributed by atoms with Gasteiger partial charge in [0.1, 0.15) is 0 Å². The molecule has 6 heteroatoms. The molecule has 2 aliphatic rings. The lowest BCUT2D eigenvalue weighted by molar-refractivity contribution is -0.109. The summed E-state index contributed by atoms with van der Waals surface area (Å²) >= 11 is 1.43. The average Bonchev–Trinajstić information content (AvgIpc) is 2.75. The summed E-state index contributed by atoms with van der Waals surface area (Å²) in [5.74, 6) is 0. The highest BCUT2D eigenvalue weighted by Gasteiger charge is 2.33. The van der Waals surface area contributed by atoms with E-state index in [4.69, 9.17) is 0 Å². The second kappa shape index (κ2) is 5.27. The van der Waals surface area contributed by atoms with E-state index in [1.165, 1.54) is 11.8 Å². The molecular formula is C11H19N3O2S. The number of nitrogens with one attached hydrogen (secondary N) is 1. The highest BCUT2D eigenvalue weighted by Crippen LogP contribution is 2.27. The van der Waals surface area contributed by atoms with E-state index in [1.54, 1.807) is 6.92 Å². The molecule has 96 valence electrons. The molecule has 17 heavy (non-hydrogen) atoms. The maximum Gasteiger partial charge on any atom is 0.317 e. The van der Waals surface area contributed by atoms with Gasteiger partial charge in [-0.05, 0) is 13.5 Å². The number of carbonyl (C=O) groups excluding carboxylic acids is 2. The molecule has 0 aliphatic carbocycles. The summed E-state index contributed by atoms with van der Waals surface area (Å²) in [6, 6.07) is 0.428. The van der Waals surface area contributed by atoms with Gasteiger partial charge in [0.15, 0.2) is 5.12 Å². The Morgan fingerprint density at radius 1 is 1.59 bits per heavy atom. The summed E-state index contributed by atoms with van der Waals surface area (Å²) in [6.07, 6.45) is 0.991. The maximum absolute atomic E-state index is 11.5. The van der Waals surface area contributed by atoms with Crippen LogP contribution in [0.5, 0.6) is 0 Å². The van der Waals surface area contributed by atoms with Crippen LogP contribution in [0.25, 0.3) is 0 Å². The first-order valence-corrected chi connectivity index (χ1v) is 6.84. The van der Waals surface area contributed by atoms with Crippen LogP contribution in [0.3, 0.4) is 0 Å². The van der Waals surface area contributed by atoms with E-state index in [2.05, 4.69) is 17.3 Å². The van der Waals surface area contributed by atoms with Crippen LogP contribution in [0, 0.1) is 0 Å². The monoisotopic (exact) mass is 257 g/mol. The number of carbonyl (C=O) groups is 2. The summed E-state index contributed by atoms with van der Waals surface area (Å²) in [5, 5.41) is 3.38. The number of hydrogen-bond acceptors (Lipinski definition) is 4. The van der Waals surface area contributed by atoms with Gasteiger partial charge in [-0.2, -0.15) is 0 Å². The molecule has 0 unspecified atom stereocenters. The van der Waals surface area contributed by atoms with Gasteiger partial charge < -0.3 is 15.1 Å². The van der Waals surface area contributed by atoms with Gasteiger partial charge in [-0.15, -0.1) is 0 Å². The second-order valence-corrected chi connectivity index (χ2v) is 6.22. The Balaban J connectivity index is 1.85. The van der Waals surface area contributed by atoms with Crippen LogP contribution in [0.4, 0.5) is 4.79 Å². The minimum atomic E-state index is 0.0427. The SMILES string of the molecule is CC(=O)S[C@H]1C[C@@H](CN2CCNC2=O)N(C)C1. The summed E-state index contributed by atoms with van der Waals surface area (Å²) in [4.78, 5) is 26.7. The Morgan fingerprint density at radius 2 is 2.35 bits per heavy atom. The van der Waals surface area contributed by atoms with E-state index in [0.29, 0.717) is 11.3 Å². The van der Waals surface area contributed by atoms with Crippen molar-refractivity contribution in [3.05, 3.63) is 0 Å². The predicted molar refractivity (Wildman–Crippen MR) is 68.1 cm³/mol. The minimum absolute atomic E-state index is 0.0427. The first-order chi connectivity index (χ1) is 8.06. The third-order valence-corrected chi connectivity index (χ3v) is 4.37. The Hall–Kier alpha value is -0.750. The fourth-order valence-electron chi connectivity index (χ4n) is 2.50. The second-order valence-electron chi connectivity index (χ2n) is 4.74. The molecule has 0 aromatic heterocycles. The molecule has 0 spiro atoms. The van der Waals surface area contributed by atoms with E-state index >= 15 is 0 Å². The number of nitrogens with zero attached hydrogens (tertiary/aromatic N) is 2. The Labute approximate surface area is 106 Å². The number of urea groups is 1. The van der Waals surface area contributed by atoms with Crippen molar-refractivity contribution in [2.45, 2.75) is 24.6 Å². The standard InChI is InChI=1S/C11H19N3O2S/c1-8(15)17-10-5-9(13(2)7-10)6-14-4-3-12-11(14)16/h9-10H,3-7H2,1-2H3,(H,12,16)/t9-,10-/m0/s1. The molecule has 2 saturated heterocycles. The lowest BCUT2D eigenvalue weighted by Gasteiger charge is -2.24. The van der Waals surface area contributed by atoms with Gasteiger partial charge in [-0.25, -0.2) is 4.79 Å². The van der Waals surface area contributed by atoms with Gasteiger partial charge in [0, 0.05) is 44.4 Å². The molecule has 0 aromatic rings. The lowest BCUT2D eigenvalue weighted by Crippen LogP contribution is -2.40. The lowest BCUT2D eigenvalue weighted by atomic mass is 10.2. The summed E-state index contributed by atoms with van der Waals surface area (Å²) in [6.45, 7) is 4.88. The van der Waals surface area contributed by atoms with Crippen LogP contribution in [-0.2, 0) is 4.79 Å². The first-order valence-electron chi connectivity index (χ1n) is 5.96. The van der Waals surface area contributed by atoms with Crippen molar-refractivity contribution in [2.24, 2.45) is 0 Å². The van der Waals surface area contributed by atoms with Crippen molar-refractivity contribution in [3.8, 4) is 0 Å². The molecule has 1 N–H and O–H groups in total. The highest BCUT2D eigenvalue weighted by molar-refractivity contribution is 8.14. The zero-order chi connectivity index (χ0) is 12.4. The quantitative estimate of drug-likeness (QED) is 0.793. The van der Waals surface area contributed by atoms with Gasteiger partial charge in [0.2, 0.25) is 0 Å². The zero-order valence-corrected chi connectivity index (χ0v) is 11.1. The molecule has 5 nitrogen and oxygen atoms in total. The van der Waals surface area contributed by atoms with Crippen molar-refractivity contribution in [2.75, 3.05) is 33.2 Å². The molecule has 0 saturated carbocycles. The fraction of sp³-hybridized carbons (Fsp3) is 0.818. The number of likely N-dealkylation sites (N-methyl/N-ethyl adjacent to an activating group) is 1. The molecule has 0 aromatic carbocycles. The zero-order valence-electron chi connectivity index (χ0n) is 10.3. The average molecular weight is 257 g/mol. The van der Waals surface area contributed by atoms with Crippen molar-refractivity contribution >= 4 is 22.9 Å². The normalized spacial score (nSPS) is 29.8. The molecule has 2 rings (SSSR count). The molecule has 2 amide bonds. The summed E-state index contributed by atoms with van der Waals surface area (Å²) in [5.41, 5.74) is 0. The maximum atomic E-state index is 11.5. The van der Waals surface area contributed by atoms with Crippen LogP contribution in [-0.4, -0.2) is 65.5 Å². The predicted octanol–water partition coefficient (Wildman–Crippen LogP) is 0.364. The van der Waals surface area contributed by atoms with Crippen LogP contribution >= 0.6 is 11.8 Å². The molecule has 2 aliphatic heterocycles. The third kappa shape index (κ3) is 3.13. The van der Waals surface area contributed by atoms with E-state index in [1.807, 2.05) is 4.90 Å². The smallest absolute Gasteiger partial charge is 0.317 e. The largest absolute Gasteiger partial charge is 0.336 e. The summed E-state index contributed by atoms with van der Waals surface area (Å²) in [7, 11) is 2.07. The van der Waals surface area contributed by atoms with Crippen LogP contribution in [0.1, 0.15) is 13.3 Å². The van der Waals surface area contributed by atoms with E-state index in [-0.39, 0.29) is 11.1 Å². The van der Waals surface area contributed by atoms with Gasteiger partial charge in [0.25, 0.3) is 0 Å². The third-order valence-electron chi connectivity index (χ3n) is 3.36. The number of likely N-dealkylation sites (tertiary alicyclic amines) is 1. The highest BCUT2D eigenvalue weighted by atomic mass is 32.2. The van der Waals surface area contributed by atoms with Crippen LogP contribution < -0.4 is 5.32 Å². The van der Waals surface area contributed by atoms with Gasteiger partial charge in [-0.3, -0.25) is 4.79 Å². The molecule has 2 fully saturated rings. The number of amides is 2. The molecular weight excluding hydrogens is 238 g/mol. The molecule has 2 heterocycles. The van der Waals surface area contributed by atoms with Crippen molar-refractivity contribution < 1.29 is 9.59 Å². The molecule has 0 radical (unpaired) electrons. The van der Waals surface area contributed by atoms with Gasteiger partial charge >= 0.3 is 6.03 Å². The first kappa shape index (κ1) is 12.7. The number of thioether (sulfide) groups is 1. The van der Waals surface area contributed by atoms with E-state index in [9.17, 15) is 9.59 Å². The minimum Gasteiger partial charge on any atom is -0.336 e. The van der Waals surface area contributed by atoms with Crippen LogP contribution in [0.15, 0.2) is 0 Å². The van der Waals surface area contributed by atoms with E-state index in [0.717, 1.165) is 32.6 Å². The topological polar surface area (TPSA) is 52.7 Å². The van der Waals surface area contributed by atoms with Crippen molar-refractivity contribution in [1.29, 1.82) is 0 Å². The van der Waals surface area contributed by atoms with Gasteiger partial charge in [-0.1, -0.05) is 11.8 Å². The van der Waals surface area contributed by atoms with Gasteiger partial charge in [0.05, 0.1) is 0 Å². The molecule has 2 atom stereocenters. The Bertz CT molecular complexity index is 324. The Morgan fingerprint density at radius 3 is 2.94 bits per heavy atom. The molecule has 0 bridgehead atoms. The van der Waals surface area contributed by atoms with E-state index < -0.39 is 0 Å².